The Balaban J connectivity index is 1.41. The van der Waals surface area contributed by atoms with Crippen LogP contribution in [0.2, 0.25) is 0 Å². The van der Waals surface area contributed by atoms with Gasteiger partial charge in [-0.3, -0.25) is 19.4 Å². The summed E-state index contributed by atoms with van der Waals surface area (Å²) < 4.78 is 0. The van der Waals surface area contributed by atoms with Crippen LogP contribution in [0.1, 0.15) is 58.3 Å². The molecule has 1 aliphatic carbocycles. The summed E-state index contributed by atoms with van der Waals surface area (Å²) in [5.41, 5.74) is 1.22. The molecule has 0 bridgehead atoms. The summed E-state index contributed by atoms with van der Waals surface area (Å²) in [4.78, 5) is 33.9. The van der Waals surface area contributed by atoms with E-state index in [0.717, 1.165) is 71.5 Å². The van der Waals surface area contributed by atoms with Crippen molar-refractivity contribution >= 4 is 11.8 Å². The van der Waals surface area contributed by atoms with Gasteiger partial charge in [0, 0.05) is 51.5 Å². The lowest BCUT2D eigenvalue weighted by molar-refractivity contribution is -0.134. The van der Waals surface area contributed by atoms with Gasteiger partial charge >= 0.3 is 0 Å². The minimum absolute atomic E-state index is 0.227. The van der Waals surface area contributed by atoms with E-state index in [4.69, 9.17) is 0 Å². The Labute approximate surface area is 170 Å². The fourth-order valence-corrected chi connectivity index (χ4v) is 4.60. The molecule has 2 heterocycles. The van der Waals surface area contributed by atoms with Gasteiger partial charge < -0.3 is 9.80 Å². The van der Waals surface area contributed by atoms with Crippen LogP contribution in [0.3, 0.4) is 0 Å². The number of nitrogens with zero attached hydrogens (tertiary/aromatic N) is 4. The Morgan fingerprint density at radius 2 is 1.50 bits per heavy atom. The summed E-state index contributed by atoms with van der Waals surface area (Å²) >= 11 is 0. The number of allylic oxidation sites excluding steroid dienone is 2. The first kappa shape index (κ1) is 21.3. The molecule has 0 aromatic heterocycles. The SMILES string of the molecule is CCN(C(=O)CN1CCN(CC(=O)N2CCCCCC2)CC1)C1=CCCCC1. The first-order valence-corrected chi connectivity index (χ1v) is 11.4. The second kappa shape index (κ2) is 11.0. The van der Waals surface area contributed by atoms with E-state index in [9.17, 15) is 9.59 Å². The van der Waals surface area contributed by atoms with Gasteiger partial charge in [-0.15, -0.1) is 0 Å². The highest BCUT2D eigenvalue weighted by molar-refractivity contribution is 5.80. The lowest BCUT2D eigenvalue weighted by Gasteiger charge is -2.36. The van der Waals surface area contributed by atoms with Crippen molar-refractivity contribution in [3.05, 3.63) is 11.8 Å². The van der Waals surface area contributed by atoms with E-state index in [-0.39, 0.29) is 11.8 Å². The summed E-state index contributed by atoms with van der Waals surface area (Å²) in [5.74, 6) is 0.512. The Kier molecular flexibility index (Phi) is 8.34. The molecule has 0 aromatic rings. The monoisotopic (exact) mass is 390 g/mol. The zero-order valence-corrected chi connectivity index (χ0v) is 17.7. The third kappa shape index (κ3) is 6.05. The smallest absolute Gasteiger partial charge is 0.240 e. The standard InChI is InChI=1S/C22H38N4O2/c1-2-26(20-10-6-5-7-11-20)22(28)19-24-16-14-23(15-17-24)18-21(27)25-12-8-3-4-9-13-25/h10H,2-9,11-19H2,1H3. The van der Waals surface area contributed by atoms with Gasteiger partial charge in [-0.2, -0.15) is 0 Å². The van der Waals surface area contributed by atoms with Gasteiger partial charge in [0.15, 0.2) is 0 Å². The van der Waals surface area contributed by atoms with Crippen molar-refractivity contribution in [3.8, 4) is 0 Å². The predicted octanol–water partition coefficient (Wildman–Crippen LogP) is 2.31. The predicted molar refractivity (Wildman–Crippen MR) is 112 cm³/mol. The number of hydrogen-bond acceptors (Lipinski definition) is 4. The van der Waals surface area contributed by atoms with Crippen LogP contribution < -0.4 is 0 Å². The first-order valence-electron chi connectivity index (χ1n) is 11.4. The lowest BCUT2D eigenvalue weighted by atomic mass is 10.0. The lowest BCUT2D eigenvalue weighted by Crippen LogP contribution is -2.52. The summed E-state index contributed by atoms with van der Waals surface area (Å²) in [6.45, 7) is 9.21. The fourth-order valence-electron chi connectivity index (χ4n) is 4.60. The summed E-state index contributed by atoms with van der Waals surface area (Å²) in [7, 11) is 0. The topological polar surface area (TPSA) is 47.1 Å². The second-order valence-electron chi connectivity index (χ2n) is 8.43. The average Bonchev–Trinajstić information content (AvgIpc) is 3.00. The highest BCUT2D eigenvalue weighted by atomic mass is 16.2. The molecule has 158 valence electrons. The van der Waals surface area contributed by atoms with Gasteiger partial charge in [0.1, 0.15) is 0 Å². The largest absolute Gasteiger partial charge is 0.342 e. The van der Waals surface area contributed by atoms with Gasteiger partial charge in [-0.25, -0.2) is 0 Å². The van der Waals surface area contributed by atoms with Crippen molar-refractivity contribution in [2.24, 2.45) is 0 Å². The van der Waals surface area contributed by atoms with E-state index >= 15 is 0 Å². The van der Waals surface area contributed by atoms with E-state index in [1.807, 2.05) is 4.90 Å². The number of likely N-dealkylation sites (N-methyl/N-ethyl adjacent to an activating group) is 1. The molecule has 0 atom stereocenters. The summed E-state index contributed by atoms with van der Waals surface area (Å²) in [6.07, 6.45) is 11.6. The van der Waals surface area contributed by atoms with Crippen LogP contribution in [0.15, 0.2) is 11.8 Å². The normalized spacial score (nSPS) is 22.5. The molecule has 0 radical (unpaired) electrons. The van der Waals surface area contributed by atoms with Crippen LogP contribution in [0, 0.1) is 0 Å². The van der Waals surface area contributed by atoms with Crippen LogP contribution in [0.5, 0.6) is 0 Å². The summed E-state index contributed by atoms with van der Waals surface area (Å²) in [6, 6.07) is 0. The van der Waals surface area contributed by atoms with Crippen LogP contribution in [0.25, 0.3) is 0 Å². The Morgan fingerprint density at radius 3 is 2.07 bits per heavy atom. The van der Waals surface area contributed by atoms with Crippen LogP contribution in [-0.4, -0.2) is 90.3 Å². The molecule has 6 nitrogen and oxygen atoms in total. The fraction of sp³-hybridized carbons (Fsp3) is 0.818. The van der Waals surface area contributed by atoms with Crippen molar-refractivity contribution < 1.29 is 9.59 Å². The number of carbonyl (C=O) groups excluding carboxylic acids is 2. The third-order valence-electron chi connectivity index (χ3n) is 6.37. The van der Waals surface area contributed by atoms with Gasteiger partial charge in [0.25, 0.3) is 0 Å². The molecule has 0 unspecified atom stereocenters. The zero-order valence-electron chi connectivity index (χ0n) is 17.7. The van der Waals surface area contributed by atoms with Gasteiger partial charge in [0.2, 0.25) is 11.8 Å². The molecule has 3 rings (SSSR count). The van der Waals surface area contributed by atoms with Gasteiger partial charge in [-0.1, -0.05) is 18.9 Å². The van der Waals surface area contributed by atoms with Gasteiger partial charge in [0.05, 0.1) is 13.1 Å². The van der Waals surface area contributed by atoms with Crippen molar-refractivity contribution in [1.82, 2.24) is 19.6 Å². The number of amides is 2. The van der Waals surface area contributed by atoms with Crippen LogP contribution in [0.4, 0.5) is 0 Å². The number of hydrogen-bond donors (Lipinski definition) is 0. The summed E-state index contributed by atoms with van der Waals surface area (Å²) in [5, 5.41) is 0. The molecule has 0 spiro atoms. The minimum Gasteiger partial charge on any atom is -0.342 e. The molecule has 2 amide bonds. The van der Waals surface area contributed by atoms with E-state index < -0.39 is 0 Å². The molecule has 6 heteroatoms. The molecular formula is C22H38N4O2. The molecule has 0 aromatic carbocycles. The van der Waals surface area contributed by atoms with Crippen LogP contribution in [-0.2, 0) is 9.59 Å². The van der Waals surface area contributed by atoms with E-state index in [1.165, 1.54) is 31.4 Å². The first-order chi connectivity index (χ1) is 13.7. The zero-order chi connectivity index (χ0) is 19.8. The molecular weight excluding hydrogens is 352 g/mol. The maximum absolute atomic E-state index is 12.8. The maximum Gasteiger partial charge on any atom is 0.240 e. The highest BCUT2D eigenvalue weighted by Gasteiger charge is 2.25. The average molecular weight is 391 g/mol. The van der Waals surface area contributed by atoms with Crippen LogP contribution >= 0.6 is 0 Å². The maximum atomic E-state index is 12.8. The number of carbonyl (C=O) groups is 2. The Hall–Kier alpha value is -1.40. The number of likely N-dealkylation sites (tertiary alicyclic amines) is 1. The minimum atomic E-state index is 0.227. The van der Waals surface area contributed by atoms with Crippen molar-refractivity contribution in [1.29, 1.82) is 0 Å². The highest BCUT2D eigenvalue weighted by Crippen LogP contribution is 2.21. The van der Waals surface area contributed by atoms with Crippen molar-refractivity contribution in [3.63, 3.8) is 0 Å². The Morgan fingerprint density at radius 1 is 0.857 bits per heavy atom. The molecule has 2 saturated heterocycles. The van der Waals surface area contributed by atoms with Crippen molar-refractivity contribution in [2.45, 2.75) is 58.3 Å². The molecule has 3 aliphatic rings. The van der Waals surface area contributed by atoms with Crippen molar-refractivity contribution in [2.75, 3.05) is 58.9 Å². The van der Waals surface area contributed by atoms with E-state index in [1.54, 1.807) is 0 Å². The van der Waals surface area contributed by atoms with Gasteiger partial charge in [-0.05, 0) is 45.4 Å². The molecule has 0 saturated carbocycles. The molecule has 28 heavy (non-hydrogen) atoms. The Bertz CT molecular complexity index is 547. The second-order valence-corrected chi connectivity index (χ2v) is 8.43. The molecule has 2 aliphatic heterocycles. The number of piperazine rings is 1. The quantitative estimate of drug-likeness (QED) is 0.698. The molecule has 2 fully saturated rings. The van der Waals surface area contributed by atoms with E-state index in [2.05, 4.69) is 27.7 Å². The van der Waals surface area contributed by atoms with E-state index in [0.29, 0.717) is 13.1 Å². The number of rotatable bonds is 6. The third-order valence-corrected chi connectivity index (χ3v) is 6.37. The molecule has 0 N–H and O–H groups in total.